The number of halogens is 3. The average molecular weight is 525 g/mol. The van der Waals surface area contributed by atoms with E-state index in [1.54, 1.807) is 12.1 Å². The number of aliphatic hydroxyl groups is 1. The molecule has 0 spiro atoms. The molecule has 0 bridgehead atoms. The Labute approximate surface area is 211 Å². The van der Waals surface area contributed by atoms with Crippen LogP contribution in [0.4, 0.5) is 40.7 Å². The summed E-state index contributed by atoms with van der Waals surface area (Å²) < 4.78 is 45.3. The molecule has 1 heterocycles. The molecule has 1 saturated heterocycles. The number of nitrogens with zero attached hydrogens (tertiary/aromatic N) is 1. The predicted molar refractivity (Wildman–Crippen MR) is 136 cm³/mol. The molecule has 1 atom stereocenters. The van der Waals surface area contributed by atoms with E-state index < -0.39 is 29.4 Å². The maximum Gasteiger partial charge on any atom is 0.414 e. The van der Waals surface area contributed by atoms with Crippen LogP contribution in [0.25, 0.3) is 0 Å². The fourth-order valence-electron chi connectivity index (χ4n) is 3.62. The first-order valence-corrected chi connectivity index (χ1v) is 11.6. The van der Waals surface area contributed by atoms with Crippen LogP contribution in [0.1, 0.15) is 25.3 Å². The number of rotatable bonds is 10. The summed E-state index contributed by atoms with van der Waals surface area (Å²) in [6, 6.07) is 8.73. The van der Waals surface area contributed by atoms with Crippen LogP contribution >= 0.6 is 12.2 Å². The number of alkyl halides is 2. The first-order chi connectivity index (χ1) is 17.1. The van der Waals surface area contributed by atoms with E-state index in [4.69, 9.17) is 9.84 Å². The Hall–Kier alpha value is -3.38. The van der Waals surface area contributed by atoms with Gasteiger partial charge in [0.1, 0.15) is 16.9 Å². The fourth-order valence-corrected chi connectivity index (χ4v) is 3.70. The lowest BCUT2D eigenvalue weighted by Crippen LogP contribution is -2.36. The number of amides is 1. The van der Waals surface area contributed by atoms with Crippen LogP contribution in [0.15, 0.2) is 41.2 Å². The molecular weight excluding hydrogens is 497 g/mol. The first kappa shape index (κ1) is 27.2. The number of hydrogen-bond donors (Lipinski definition) is 4. The Kier molecular flexibility index (Phi) is 9.10. The standard InChI is InChI=1S/C24H27F3N4O4S/c1-13(2)16-10-20(28-7-8-32)21(33)6-5-18(16)30-19-4-3-14(9-17(19)25)31-12-15(35-24(31)34)11-29-23(36)22(26)27/h3-6,9-10,13,15,22,30,32H,7-8,11-12H2,1-2H3,(H,28,33)(H,29,36)/t15-/m0/s1. The van der Waals surface area contributed by atoms with E-state index in [9.17, 15) is 18.4 Å². The third kappa shape index (κ3) is 6.64. The average Bonchev–Trinajstić information content (AvgIpc) is 3.13. The Morgan fingerprint density at radius 3 is 2.53 bits per heavy atom. The largest absolute Gasteiger partial charge is 0.442 e. The van der Waals surface area contributed by atoms with Crippen LogP contribution in [0, 0.1) is 5.82 Å². The SMILES string of the molecule is CC(C)c1cc(NCCO)c(=O)ccc1Nc1ccc(N2C[C@H](CNC(=S)C(F)F)OC2=O)cc1F. The Morgan fingerprint density at radius 1 is 1.17 bits per heavy atom. The Bertz CT molecular complexity index is 1180. The third-order valence-corrected chi connectivity index (χ3v) is 5.76. The molecule has 2 aromatic rings. The van der Waals surface area contributed by atoms with Crippen molar-refractivity contribution in [2.75, 3.05) is 41.8 Å². The minimum atomic E-state index is -2.81. The van der Waals surface area contributed by atoms with E-state index in [2.05, 4.69) is 28.2 Å². The van der Waals surface area contributed by atoms with Crippen molar-refractivity contribution >= 4 is 46.0 Å². The topological polar surface area (TPSA) is 103 Å². The highest BCUT2D eigenvalue weighted by Crippen LogP contribution is 2.31. The van der Waals surface area contributed by atoms with Crippen LogP contribution in [-0.4, -0.2) is 55.0 Å². The highest BCUT2D eigenvalue weighted by Gasteiger charge is 2.33. The zero-order valence-corrected chi connectivity index (χ0v) is 20.5. The Morgan fingerprint density at radius 2 is 1.89 bits per heavy atom. The zero-order chi connectivity index (χ0) is 26.4. The summed E-state index contributed by atoms with van der Waals surface area (Å²) in [5.74, 6) is -0.665. The van der Waals surface area contributed by atoms with E-state index in [0.717, 1.165) is 11.6 Å². The van der Waals surface area contributed by atoms with Gasteiger partial charge in [-0.25, -0.2) is 18.0 Å². The van der Waals surface area contributed by atoms with E-state index >= 15 is 4.39 Å². The van der Waals surface area contributed by atoms with E-state index in [0.29, 0.717) is 11.4 Å². The molecule has 1 fully saturated rings. The molecule has 0 aromatic heterocycles. The lowest BCUT2D eigenvalue weighted by Gasteiger charge is -2.17. The van der Waals surface area contributed by atoms with Crippen LogP contribution < -0.4 is 26.3 Å². The monoisotopic (exact) mass is 524 g/mol. The lowest BCUT2D eigenvalue weighted by atomic mass is 10.0. The maximum absolute atomic E-state index is 15.1. The smallest absolute Gasteiger partial charge is 0.414 e. The van der Waals surface area contributed by atoms with Gasteiger partial charge in [-0.3, -0.25) is 9.69 Å². The van der Waals surface area contributed by atoms with Gasteiger partial charge in [-0.05, 0) is 47.9 Å². The summed E-state index contributed by atoms with van der Waals surface area (Å²) in [6.45, 7) is 3.88. The van der Waals surface area contributed by atoms with Gasteiger partial charge in [0.15, 0.2) is 0 Å². The molecule has 0 radical (unpaired) electrons. The molecule has 12 heteroatoms. The summed E-state index contributed by atoms with van der Waals surface area (Å²) in [7, 11) is 0. The number of ether oxygens (including phenoxy) is 1. The van der Waals surface area contributed by atoms with Crippen molar-refractivity contribution in [2.24, 2.45) is 0 Å². The van der Waals surface area contributed by atoms with Gasteiger partial charge in [0.2, 0.25) is 5.43 Å². The van der Waals surface area contributed by atoms with Crippen molar-refractivity contribution in [3.63, 3.8) is 0 Å². The summed E-state index contributed by atoms with van der Waals surface area (Å²) in [5.41, 5.74) is 1.68. The summed E-state index contributed by atoms with van der Waals surface area (Å²) in [4.78, 5) is 25.2. The van der Waals surface area contributed by atoms with E-state index in [-0.39, 0.29) is 49.0 Å². The number of anilines is 4. The van der Waals surface area contributed by atoms with Gasteiger partial charge < -0.3 is 25.8 Å². The highest BCUT2D eigenvalue weighted by molar-refractivity contribution is 7.80. The van der Waals surface area contributed by atoms with Gasteiger partial charge in [0.05, 0.1) is 36.8 Å². The maximum atomic E-state index is 15.1. The quantitative estimate of drug-likeness (QED) is 0.347. The van der Waals surface area contributed by atoms with Crippen LogP contribution in [0.3, 0.4) is 0 Å². The number of aliphatic hydroxyl groups excluding tert-OH is 1. The fraction of sp³-hybridized carbons (Fsp3) is 0.375. The van der Waals surface area contributed by atoms with Gasteiger partial charge in [0, 0.05) is 12.2 Å². The van der Waals surface area contributed by atoms with E-state index in [1.165, 1.54) is 23.1 Å². The summed E-state index contributed by atoms with van der Waals surface area (Å²) in [5, 5.41) is 17.3. The Balaban J connectivity index is 1.79. The zero-order valence-electron chi connectivity index (χ0n) is 19.7. The normalized spacial score (nSPS) is 15.3. The second-order valence-corrected chi connectivity index (χ2v) is 8.82. The minimum absolute atomic E-state index is 0.0147. The molecule has 1 aliphatic heterocycles. The molecule has 1 aliphatic rings. The van der Waals surface area contributed by atoms with Gasteiger partial charge in [-0.1, -0.05) is 26.1 Å². The third-order valence-electron chi connectivity index (χ3n) is 5.44. The number of carbonyl (C=O) groups excluding carboxylic acids is 1. The van der Waals surface area contributed by atoms with Crippen molar-refractivity contribution in [2.45, 2.75) is 32.3 Å². The molecule has 36 heavy (non-hydrogen) atoms. The number of carbonyl (C=O) groups is 1. The number of cyclic esters (lactones) is 1. The molecule has 0 saturated carbocycles. The molecule has 4 N–H and O–H groups in total. The highest BCUT2D eigenvalue weighted by atomic mass is 32.1. The van der Waals surface area contributed by atoms with E-state index in [1.807, 2.05) is 13.8 Å². The van der Waals surface area contributed by atoms with Gasteiger partial charge >= 0.3 is 6.09 Å². The lowest BCUT2D eigenvalue weighted by molar-refractivity contribution is 0.142. The number of nitrogens with one attached hydrogen (secondary N) is 3. The molecule has 0 unspecified atom stereocenters. The van der Waals surface area contributed by atoms with Gasteiger partial charge in [-0.15, -0.1) is 0 Å². The second-order valence-electron chi connectivity index (χ2n) is 8.38. The summed E-state index contributed by atoms with van der Waals surface area (Å²) >= 11 is 4.51. The second kappa shape index (κ2) is 12.0. The van der Waals surface area contributed by atoms with Crippen LogP contribution in [-0.2, 0) is 4.74 Å². The van der Waals surface area contributed by atoms with Crippen molar-refractivity contribution in [3.8, 4) is 0 Å². The first-order valence-electron chi connectivity index (χ1n) is 11.2. The minimum Gasteiger partial charge on any atom is -0.442 e. The molecule has 194 valence electrons. The van der Waals surface area contributed by atoms with Crippen molar-refractivity contribution in [1.82, 2.24) is 5.32 Å². The molecule has 3 rings (SSSR count). The van der Waals surface area contributed by atoms with Crippen LogP contribution in [0.5, 0.6) is 0 Å². The molecule has 0 aliphatic carbocycles. The van der Waals surface area contributed by atoms with Crippen LogP contribution in [0.2, 0.25) is 0 Å². The number of thiocarbonyl (C=S) groups is 1. The molecule has 2 aromatic carbocycles. The number of benzene rings is 1. The summed E-state index contributed by atoms with van der Waals surface area (Å²) in [6.07, 6.45) is -4.27. The number of hydrogen-bond acceptors (Lipinski definition) is 7. The van der Waals surface area contributed by atoms with Gasteiger partial charge in [-0.2, -0.15) is 0 Å². The van der Waals surface area contributed by atoms with Crippen molar-refractivity contribution in [3.05, 3.63) is 58.0 Å². The molecular formula is C24H27F3N4O4S. The van der Waals surface area contributed by atoms with Crippen molar-refractivity contribution < 1.29 is 27.8 Å². The predicted octanol–water partition coefficient (Wildman–Crippen LogP) is 3.96. The molecule has 8 nitrogen and oxygen atoms in total. The van der Waals surface area contributed by atoms with Gasteiger partial charge in [0.25, 0.3) is 6.43 Å². The molecule has 1 amide bonds. The van der Waals surface area contributed by atoms with Crippen molar-refractivity contribution in [1.29, 1.82) is 0 Å².